The van der Waals surface area contributed by atoms with Crippen molar-refractivity contribution in [3.8, 4) is 0 Å². The van der Waals surface area contributed by atoms with Crippen LogP contribution in [0, 0.1) is 0 Å². The Kier molecular flexibility index (Phi) is 5.70. The van der Waals surface area contributed by atoms with Crippen LogP contribution in [0.5, 0.6) is 0 Å². The number of ether oxygens (including phenoxy) is 1. The van der Waals surface area contributed by atoms with Gasteiger partial charge in [-0.1, -0.05) is 19.0 Å². The van der Waals surface area contributed by atoms with Crippen LogP contribution in [0.2, 0.25) is 0 Å². The smallest absolute Gasteiger partial charge is 0.319 e. The number of hydrogen-bond acceptors (Lipinski definition) is 5. The van der Waals surface area contributed by atoms with Crippen LogP contribution in [-0.4, -0.2) is 33.7 Å². The van der Waals surface area contributed by atoms with Crippen molar-refractivity contribution in [2.24, 2.45) is 0 Å². The molecule has 1 unspecified atom stereocenters. The molecule has 25 heavy (non-hydrogen) atoms. The predicted octanol–water partition coefficient (Wildman–Crippen LogP) is 2.50. The summed E-state index contributed by atoms with van der Waals surface area (Å²) in [6, 6.07) is -0.276. The molecule has 1 aliphatic heterocycles. The molecule has 0 radical (unpaired) electrons. The lowest BCUT2D eigenvalue weighted by molar-refractivity contribution is 0.0940. The summed E-state index contributed by atoms with van der Waals surface area (Å²) >= 11 is 0. The molecule has 0 spiro atoms. The molecule has 1 atom stereocenters. The molecule has 2 aromatic heterocycles. The highest BCUT2D eigenvalue weighted by Gasteiger charge is 2.17. The second kappa shape index (κ2) is 8.15. The number of nitrogens with one attached hydrogen (secondary N) is 2. The average Bonchev–Trinajstić information content (AvgIpc) is 3.34. The molecule has 136 valence electrons. The van der Waals surface area contributed by atoms with Gasteiger partial charge in [-0.2, -0.15) is 5.10 Å². The number of aryl methyl sites for hydroxylation is 2. The molecule has 2 aromatic rings. The van der Waals surface area contributed by atoms with Gasteiger partial charge in [0.1, 0.15) is 5.76 Å². The first kappa shape index (κ1) is 17.5. The molecule has 0 saturated carbocycles. The lowest BCUT2D eigenvalue weighted by Crippen LogP contribution is -2.28. The lowest BCUT2D eigenvalue weighted by Gasteiger charge is -2.08. The molecular formula is C17H25N5O3. The maximum atomic E-state index is 12.1. The molecule has 1 saturated heterocycles. The summed E-state index contributed by atoms with van der Waals surface area (Å²) in [5.41, 5.74) is 2.52. The van der Waals surface area contributed by atoms with Gasteiger partial charge >= 0.3 is 6.03 Å². The molecule has 0 aliphatic carbocycles. The van der Waals surface area contributed by atoms with Crippen LogP contribution >= 0.6 is 0 Å². The molecular weight excluding hydrogens is 322 g/mol. The maximum Gasteiger partial charge on any atom is 0.319 e. The summed E-state index contributed by atoms with van der Waals surface area (Å²) in [5.74, 6) is 0.821. The standard InChI is InChI=1S/C17H25N5O3/c1-3-15-14(16(4-2)25-21-15)9-18-17(23)20-12-8-19-22(10-12)11-13-6-5-7-24-13/h8,10,13H,3-7,9,11H2,1-2H3,(H2,18,20,23). The van der Waals surface area contributed by atoms with Gasteiger partial charge in [-0.25, -0.2) is 4.79 Å². The second-order valence-corrected chi connectivity index (χ2v) is 6.13. The minimum absolute atomic E-state index is 0.218. The van der Waals surface area contributed by atoms with Gasteiger partial charge in [0.05, 0.1) is 30.2 Å². The largest absolute Gasteiger partial charge is 0.376 e. The minimum Gasteiger partial charge on any atom is -0.376 e. The highest BCUT2D eigenvalue weighted by Crippen LogP contribution is 2.16. The Hall–Kier alpha value is -2.35. The molecule has 0 aromatic carbocycles. The van der Waals surface area contributed by atoms with Crippen LogP contribution in [0.15, 0.2) is 16.9 Å². The number of rotatable bonds is 7. The molecule has 2 N–H and O–H groups in total. The zero-order chi connectivity index (χ0) is 17.6. The Morgan fingerprint density at radius 3 is 3.00 bits per heavy atom. The first-order chi connectivity index (χ1) is 12.2. The molecule has 8 nitrogen and oxygen atoms in total. The highest BCUT2D eigenvalue weighted by atomic mass is 16.5. The molecule has 1 aliphatic rings. The first-order valence-corrected chi connectivity index (χ1v) is 8.84. The zero-order valence-electron chi connectivity index (χ0n) is 14.7. The lowest BCUT2D eigenvalue weighted by atomic mass is 10.1. The third-order valence-electron chi connectivity index (χ3n) is 4.34. The predicted molar refractivity (Wildman–Crippen MR) is 92.3 cm³/mol. The van der Waals surface area contributed by atoms with E-state index in [1.54, 1.807) is 10.9 Å². The number of aromatic nitrogens is 3. The fraction of sp³-hybridized carbons (Fsp3) is 0.588. The molecule has 0 bridgehead atoms. The van der Waals surface area contributed by atoms with Crippen LogP contribution in [-0.2, 0) is 30.7 Å². The van der Waals surface area contributed by atoms with Crippen molar-refractivity contribution >= 4 is 11.7 Å². The molecule has 1 fully saturated rings. The van der Waals surface area contributed by atoms with Gasteiger partial charge < -0.3 is 19.9 Å². The molecule has 3 heterocycles. The van der Waals surface area contributed by atoms with Gasteiger partial charge in [-0.05, 0) is 19.3 Å². The first-order valence-electron chi connectivity index (χ1n) is 8.84. The van der Waals surface area contributed by atoms with Crippen LogP contribution in [0.25, 0.3) is 0 Å². The number of amides is 2. The van der Waals surface area contributed by atoms with Crippen molar-refractivity contribution in [2.45, 2.75) is 58.7 Å². The SMILES string of the molecule is CCc1noc(CC)c1CNC(=O)Nc1cnn(CC2CCCO2)c1. The van der Waals surface area contributed by atoms with Crippen molar-refractivity contribution in [2.75, 3.05) is 11.9 Å². The quantitative estimate of drug-likeness (QED) is 0.802. The van der Waals surface area contributed by atoms with Gasteiger partial charge in [-0.15, -0.1) is 0 Å². The van der Waals surface area contributed by atoms with Crippen LogP contribution in [0.1, 0.15) is 43.7 Å². The van der Waals surface area contributed by atoms with Gasteiger partial charge in [0.15, 0.2) is 0 Å². The summed E-state index contributed by atoms with van der Waals surface area (Å²) < 4.78 is 12.7. The summed E-state index contributed by atoms with van der Waals surface area (Å²) in [4.78, 5) is 12.1. The van der Waals surface area contributed by atoms with E-state index in [1.165, 1.54) is 0 Å². The van der Waals surface area contributed by atoms with E-state index in [-0.39, 0.29) is 12.1 Å². The minimum atomic E-state index is -0.276. The highest BCUT2D eigenvalue weighted by molar-refractivity contribution is 5.88. The van der Waals surface area contributed by atoms with E-state index in [0.717, 1.165) is 49.3 Å². The van der Waals surface area contributed by atoms with Crippen molar-refractivity contribution in [1.29, 1.82) is 0 Å². The maximum absolute atomic E-state index is 12.1. The number of nitrogens with zero attached hydrogens (tertiary/aromatic N) is 3. The normalized spacial score (nSPS) is 17.0. The fourth-order valence-corrected chi connectivity index (χ4v) is 3.01. The van der Waals surface area contributed by atoms with Crippen molar-refractivity contribution in [3.05, 3.63) is 29.4 Å². The van der Waals surface area contributed by atoms with E-state index in [4.69, 9.17) is 9.26 Å². The van der Waals surface area contributed by atoms with Gasteiger partial charge in [0.2, 0.25) is 0 Å². The molecule has 8 heteroatoms. The summed E-state index contributed by atoms with van der Waals surface area (Å²) in [6.45, 7) is 5.95. The number of anilines is 1. The summed E-state index contributed by atoms with van der Waals surface area (Å²) in [5, 5.41) is 14.0. The van der Waals surface area contributed by atoms with E-state index in [1.807, 2.05) is 20.0 Å². The number of carbonyl (C=O) groups excluding carboxylic acids is 1. The van der Waals surface area contributed by atoms with E-state index in [2.05, 4.69) is 20.9 Å². The summed E-state index contributed by atoms with van der Waals surface area (Å²) in [7, 11) is 0. The zero-order valence-corrected chi connectivity index (χ0v) is 14.7. The summed E-state index contributed by atoms with van der Waals surface area (Å²) in [6.07, 6.45) is 7.36. The third kappa shape index (κ3) is 4.39. The Labute approximate surface area is 146 Å². The Morgan fingerprint density at radius 1 is 1.40 bits per heavy atom. The Morgan fingerprint density at radius 2 is 2.28 bits per heavy atom. The van der Waals surface area contributed by atoms with Crippen molar-refractivity contribution in [1.82, 2.24) is 20.3 Å². The van der Waals surface area contributed by atoms with E-state index >= 15 is 0 Å². The molecule has 2 amide bonds. The Balaban J connectivity index is 1.51. The van der Waals surface area contributed by atoms with Gasteiger partial charge in [-0.3, -0.25) is 4.68 Å². The number of carbonyl (C=O) groups is 1. The third-order valence-corrected chi connectivity index (χ3v) is 4.34. The van der Waals surface area contributed by atoms with E-state index in [0.29, 0.717) is 18.8 Å². The number of urea groups is 1. The van der Waals surface area contributed by atoms with Crippen LogP contribution in [0.4, 0.5) is 10.5 Å². The van der Waals surface area contributed by atoms with Crippen LogP contribution in [0.3, 0.4) is 0 Å². The fourth-order valence-electron chi connectivity index (χ4n) is 3.01. The second-order valence-electron chi connectivity index (χ2n) is 6.13. The van der Waals surface area contributed by atoms with Gasteiger partial charge in [0.25, 0.3) is 0 Å². The van der Waals surface area contributed by atoms with Gasteiger partial charge in [0, 0.05) is 31.3 Å². The molecule has 3 rings (SSSR count). The van der Waals surface area contributed by atoms with Crippen molar-refractivity contribution in [3.63, 3.8) is 0 Å². The van der Waals surface area contributed by atoms with E-state index in [9.17, 15) is 4.79 Å². The average molecular weight is 347 g/mol. The topological polar surface area (TPSA) is 94.2 Å². The number of hydrogen-bond donors (Lipinski definition) is 2. The van der Waals surface area contributed by atoms with E-state index < -0.39 is 0 Å². The van der Waals surface area contributed by atoms with Crippen LogP contribution < -0.4 is 10.6 Å². The Bertz CT molecular complexity index is 681. The van der Waals surface area contributed by atoms with Crippen molar-refractivity contribution < 1.29 is 14.1 Å². The monoisotopic (exact) mass is 347 g/mol.